The van der Waals surface area contributed by atoms with Crippen molar-refractivity contribution < 1.29 is 18.7 Å². The highest BCUT2D eigenvalue weighted by molar-refractivity contribution is 5.94. The standard InChI is InChI=1S/C27H25N3O4/c31-25(18-33-27(32)22-11-12-24-23(17-22)28-19-34-24)29-13-15-30(16-14-29)26(20-7-3-1-4-8-20)21-9-5-2-6-10-21/h1-12,17,19,26H,13-16,18H2. The largest absolute Gasteiger partial charge is 0.452 e. The summed E-state index contributed by atoms with van der Waals surface area (Å²) in [4.78, 5) is 33.3. The van der Waals surface area contributed by atoms with Gasteiger partial charge < -0.3 is 14.1 Å². The van der Waals surface area contributed by atoms with Crippen molar-refractivity contribution in [3.63, 3.8) is 0 Å². The maximum absolute atomic E-state index is 12.7. The lowest BCUT2D eigenvalue weighted by atomic mass is 9.96. The molecule has 0 saturated carbocycles. The third-order valence-electron chi connectivity index (χ3n) is 6.16. The molecule has 0 N–H and O–H groups in total. The van der Waals surface area contributed by atoms with Crippen LogP contribution in [0.3, 0.4) is 0 Å². The maximum atomic E-state index is 12.7. The fourth-order valence-corrected chi connectivity index (χ4v) is 4.40. The number of esters is 1. The minimum absolute atomic E-state index is 0.129. The van der Waals surface area contributed by atoms with E-state index >= 15 is 0 Å². The molecule has 1 fully saturated rings. The lowest BCUT2D eigenvalue weighted by Gasteiger charge is -2.39. The molecule has 0 spiro atoms. The van der Waals surface area contributed by atoms with Gasteiger partial charge in [-0.2, -0.15) is 0 Å². The molecular formula is C27H25N3O4. The maximum Gasteiger partial charge on any atom is 0.338 e. The van der Waals surface area contributed by atoms with Gasteiger partial charge >= 0.3 is 5.97 Å². The van der Waals surface area contributed by atoms with Crippen LogP contribution in [0.1, 0.15) is 27.5 Å². The van der Waals surface area contributed by atoms with Gasteiger partial charge in [0.25, 0.3) is 5.91 Å². The number of oxazole rings is 1. The molecule has 1 saturated heterocycles. The fraction of sp³-hybridized carbons (Fsp3) is 0.222. The number of hydrogen-bond donors (Lipinski definition) is 0. The highest BCUT2D eigenvalue weighted by Crippen LogP contribution is 2.29. The van der Waals surface area contributed by atoms with Crippen LogP contribution >= 0.6 is 0 Å². The normalized spacial score (nSPS) is 14.4. The lowest BCUT2D eigenvalue weighted by Crippen LogP contribution is -2.50. The summed E-state index contributed by atoms with van der Waals surface area (Å²) in [6.45, 7) is 2.35. The van der Waals surface area contributed by atoms with Crippen LogP contribution in [0.4, 0.5) is 0 Å². The third kappa shape index (κ3) is 4.70. The molecule has 7 heteroatoms. The lowest BCUT2D eigenvalue weighted by molar-refractivity contribution is -0.136. The van der Waals surface area contributed by atoms with E-state index in [1.165, 1.54) is 17.5 Å². The molecule has 0 aliphatic carbocycles. The van der Waals surface area contributed by atoms with Gasteiger partial charge in [-0.1, -0.05) is 60.7 Å². The first-order valence-electron chi connectivity index (χ1n) is 11.3. The Balaban J connectivity index is 1.19. The minimum atomic E-state index is -0.551. The first kappa shape index (κ1) is 21.9. The van der Waals surface area contributed by atoms with Crippen LogP contribution in [0.25, 0.3) is 11.1 Å². The quantitative estimate of drug-likeness (QED) is 0.410. The molecule has 7 nitrogen and oxygen atoms in total. The minimum Gasteiger partial charge on any atom is -0.452 e. The molecule has 34 heavy (non-hydrogen) atoms. The van der Waals surface area contributed by atoms with Crippen LogP contribution in [-0.2, 0) is 9.53 Å². The van der Waals surface area contributed by atoms with Gasteiger partial charge in [-0.15, -0.1) is 0 Å². The van der Waals surface area contributed by atoms with Crippen LogP contribution in [0.5, 0.6) is 0 Å². The van der Waals surface area contributed by atoms with E-state index in [2.05, 4.69) is 58.4 Å². The molecule has 172 valence electrons. The van der Waals surface area contributed by atoms with E-state index in [0.29, 0.717) is 29.8 Å². The Kier molecular flexibility index (Phi) is 6.35. The van der Waals surface area contributed by atoms with Crippen molar-refractivity contribution in [3.8, 4) is 0 Å². The summed E-state index contributed by atoms with van der Waals surface area (Å²) in [5.74, 6) is -0.739. The van der Waals surface area contributed by atoms with Crippen LogP contribution in [-0.4, -0.2) is 59.4 Å². The monoisotopic (exact) mass is 455 g/mol. The summed E-state index contributed by atoms with van der Waals surface area (Å²) < 4.78 is 10.5. The summed E-state index contributed by atoms with van der Waals surface area (Å²) in [5, 5.41) is 0. The van der Waals surface area contributed by atoms with Crippen molar-refractivity contribution in [3.05, 3.63) is 102 Å². The highest BCUT2D eigenvalue weighted by Gasteiger charge is 2.28. The molecule has 0 bridgehead atoms. The number of aromatic nitrogens is 1. The number of fused-ring (bicyclic) bond motifs is 1. The Morgan fingerprint density at radius 2 is 1.53 bits per heavy atom. The third-order valence-corrected chi connectivity index (χ3v) is 6.16. The van der Waals surface area contributed by atoms with Gasteiger partial charge in [0.15, 0.2) is 18.6 Å². The van der Waals surface area contributed by atoms with Gasteiger partial charge in [-0.3, -0.25) is 9.69 Å². The van der Waals surface area contributed by atoms with Crippen molar-refractivity contribution in [2.24, 2.45) is 0 Å². The molecule has 0 radical (unpaired) electrons. The predicted octanol–water partition coefficient (Wildman–Crippen LogP) is 3.92. The molecule has 1 aromatic heterocycles. The van der Waals surface area contributed by atoms with Gasteiger partial charge in [0.05, 0.1) is 11.6 Å². The molecule has 1 aliphatic heterocycles. The summed E-state index contributed by atoms with van der Waals surface area (Å²) in [5.41, 5.74) is 3.96. The van der Waals surface area contributed by atoms with Crippen molar-refractivity contribution in [2.75, 3.05) is 32.8 Å². The van der Waals surface area contributed by atoms with Gasteiger partial charge in [-0.25, -0.2) is 9.78 Å². The average molecular weight is 456 g/mol. The number of benzene rings is 3. The Morgan fingerprint density at radius 3 is 2.18 bits per heavy atom. The summed E-state index contributed by atoms with van der Waals surface area (Å²) in [7, 11) is 0. The second-order valence-corrected chi connectivity index (χ2v) is 8.25. The van der Waals surface area contributed by atoms with Gasteiger partial charge in [0.2, 0.25) is 0 Å². The number of rotatable bonds is 6. The molecule has 5 rings (SSSR count). The number of hydrogen-bond acceptors (Lipinski definition) is 6. The van der Waals surface area contributed by atoms with Gasteiger partial charge in [0, 0.05) is 26.2 Å². The number of ether oxygens (including phenoxy) is 1. The number of amides is 1. The summed E-state index contributed by atoms with van der Waals surface area (Å²) in [6, 6.07) is 25.8. The van der Waals surface area contributed by atoms with E-state index in [4.69, 9.17) is 9.15 Å². The topological polar surface area (TPSA) is 75.9 Å². The average Bonchev–Trinajstić information content (AvgIpc) is 3.37. The van der Waals surface area contributed by atoms with E-state index in [0.717, 1.165) is 13.1 Å². The zero-order valence-corrected chi connectivity index (χ0v) is 18.7. The molecule has 0 unspecified atom stereocenters. The molecule has 2 heterocycles. The SMILES string of the molecule is O=C(OCC(=O)N1CCN(C(c2ccccc2)c2ccccc2)CC1)c1ccc2ocnc2c1. The van der Waals surface area contributed by atoms with Crippen LogP contribution in [0.15, 0.2) is 89.7 Å². The second kappa shape index (κ2) is 9.89. The molecular weight excluding hydrogens is 430 g/mol. The van der Waals surface area contributed by atoms with E-state index in [9.17, 15) is 9.59 Å². The van der Waals surface area contributed by atoms with Crippen LogP contribution in [0, 0.1) is 0 Å². The van der Waals surface area contributed by atoms with Crippen molar-refractivity contribution in [2.45, 2.75) is 6.04 Å². The van der Waals surface area contributed by atoms with E-state index in [-0.39, 0.29) is 18.6 Å². The van der Waals surface area contributed by atoms with Gasteiger partial charge in [-0.05, 0) is 29.3 Å². The number of piperazine rings is 1. The molecule has 3 aromatic carbocycles. The van der Waals surface area contributed by atoms with Crippen molar-refractivity contribution in [1.82, 2.24) is 14.8 Å². The first-order chi connectivity index (χ1) is 16.7. The predicted molar refractivity (Wildman–Crippen MR) is 127 cm³/mol. The van der Waals surface area contributed by atoms with Crippen LogP contribution < -0.4 is 0 Å². The number of nitrogens with zero attached hydrogens (tertiary/aromatic N) is 3. The van der Waals surface area contributed by atoms with E-state index < -0.39 is 5.97 Å². The van der Waals surface area contributed by atoms with E-state index in [1.807, 2.05) is 12.1 Å². The Hall–Kier alpha value is -3.97. The number of carbonyl (C=O) groups excluding carboxylic acids is 2. The fourth-order valence-electron chi connectivity index (χ4n) is 4.40. The Bertz CT molecular complexity index is 1230. The molecule has 0 atom stereocenters. The summed E-state index contributed by atoms with van der Waals surface area (Å²) in [6.07, 6.45) is 1.32. The van der Waals surface area contributed by atoms with Crippen molar-refractivity contribution >= 4 is 23.0 Å². The van der Waals surface area contributed by atoms with Crippen molar-refractivity contribution in [1.29, 1.82) is 0 Å². The zero-order valence-electron chi connectivity index (χ0n) is 18.7. The molecule has 4 aromatic rings. The highest BCUT2D eigenvalue weighted by atomic mass is 16.5. The number of carbonyl (C=O) groups is 2. The van der Waals surface area contributed by atoms with Crippen LogP contribution in [0.2, 0.25) is 0 Å². The first-order valence-corrected chi connectivity index (χ1v) is 11.3. The van der Waals surface area contributed by atoms with Gasteiger partial charge in [0.1, 0.15) is 5.52 Å². The summed E-state index contributed by atoms with van der Waals surface area (Å²) >= 11 is 0. The molecule has 1 amide bonds. The zero-order chi connectivity index (χ0) is 23.3. The van der Waals surface area contributed by atoms with E-state index in [1.54, 1.807) is 23.1 Å². The Morgan fingerprint density at radius 1 is 0.882 bits per heavy atom. The second-order valence-electron chi connectivity index (χ2n) is 8.25. The molecule has 1 aliphatic rings. The smallest absolute Gasteiger partial charge is 0.338 e. The Labute approximate surface area is 197 Å².